The highest BCUT2D eigenvalue weighted by atomic mass is 35.5. The molecule has 0 radical (unpaired) electrons. The maximum Gasteiger partial charge on any atom is 0.252 e. The van der Waals surface area contributed by atoms with Crippen LogP contribution in [0.3, 0.4) is 0 Å². The predicted octanol–water partition coefficient (Wildman–Crippen LogP) is 3.41. The lowest BCUT2D eigenvalue weighted by molar-refractivity contribution is 0.0956. The van der Waals surface area contributed by atoms with Gasteiger partial charge in [0.1, 0.15) is 5.82 Å². The Morgan fingerprint density at radius 2 is 1.90 bits per heavy atom. The van der Waals surface area contributed by atoms with Gasteiger partial charge in [-0.3, -0.25) is 9.00 Å². The van der Waals surface area contributed by atoms with Crippen LogP contribution in [0.5, 0.6) is 0 Å². The van der Waals surface area contributed by atoms with Crippen LogP contribution in [0.2, 0.25) is 10.0 Å². The molecule has 3 nitrogen and oxygen atoms in total. The molecule has 1 aromatic carbocycles. The number of amides is 1. The molecule has 0 heterocycles. The highest BCUT2D eigenvalue weighted by Crippen LogP contribution is 2.24. The highest BCUT2D eigenvalue weighted by Gasteiger charge is 2.19. The molecule has 0 saturated heterocycles. The monoisotopic (exact) mass is 339 g/mol. The molecule has 0 fully saturated rings. The van der Waals surface area contributed by atoms with Gasteiger partial charge in [0.25, 0.3) is 5.91 Å². The van der Waals surface area contributed by atoms with Crippen molar-refractivity contribution >= 4 is 39.9 Å². The third-order valence-electron chi connectivity index (χ3n) is 2.51. The van der Waals surface area contributed by atoms with E-state index in [1.165, 1.54) is 6.07 Å². The molecule has 1 N–H and O–H groups in total. The first kappa shape index (κ1) is 17.4. The lowest BCUT2D eigenvalue weighted by Gasteiger charge is -2.17. The Bertz CT molecular complexity index is 544. The minimum absolute atomic E-state index is 0.00936. The number of hydrogen-bond donors (Lipinski definition) is 1. The third kappa shape index (κ3) is 4.72. The van der Waals surface area contributed by atoms with Crippen molar-refractivity contribution in [3.05, 3.63) is 33.6 Å². The number of carbonyl (C=O) groups is 1. The summed E-state index contributed by atoms with van der Waals surface area (Å²) in [6, 6.07) is 2.17. The molecular formula is C13H16Cl2FNO2S. The van der Waals surface area contributed by atoms with E-state index in [-0.39, 0.29) is 26.9 Å². The molecule has 0 aliphatic heterocycles. The van der Waals surface area contributed by atoms with Gasteiger partial charge >= 0.3 is 0 Å². The van der Waals surface area contributed by atoms with Gasteiger partial charge in [-0.1, -0.05) is 23.2 Å². The molecule has 1 amide bonds. The van der Waals surface area contributed by atoms with E-state index in [0.29, 0.717) is 5.75 Å². The first-order valence-corrected chi connectivity index (χ1v) is 8.01. The Kier molecular flexibility index (Phi) is 5.98. The van der Waals surface area contributed by atoms with Gasteiger partial charge in [0.2, 0.25) is 0 Å². The summed E-state index contributed by atoms with van der Waals surface area (Å²) in [5.41, 5.74) is 0.00936. The van der Waals surface area contributed by atoms with Crippen molar-refractivity contribution in [2.75, 3.05) is 12.3 Å². The van der Waals surface area contributed by atoms with E-state index in [2.05, 4.69) is 5.32 Å². The molecule has 7 heteroatoms. The number of halogens is 3. The van der Waals surface area contributed by atoms with Crippen molar-refractivity contribution in [1.82, 2.24) is 5.32 Å². The minimum atomic E-state index is -1.07. The van der Waals surface area contributed by atoms with Crippen molar-refractivity contribution in [1.29, 1.82) is 0 Å². The van der Waals surface area contributed by atoms with Crippen molar-refractivity contribution in [2.45, 2.75) is 25.5 Å². The second-order valence-electron chi connectivity index (χ2n) is 5.16. The Labute approximate surface area is 130 Å². The van der Waals surface area contributed by atoms with E-state index in [1.807, 2.05) is 20.8 Å². The minimum Gasteiger partial charge on any atom is -0.351 e. The molecule has 0 spiro atoms. The lowest BCUT2D eigenvalue weighted by Crippen LogP contribution is -2.32. The summed E-state index contributed by atoms with van der Waals surface area (Å²) in [5.74, 6) is -0.904. The fourth-order valence-electron chi connectivity index (χ4n) is 1.36. The standard InChI is InChI=1S/C13H16Cl2FNO2S/c1-13(2,3)20(19)5-4-17-12(18)8-6-11(16)10(15)7-9(8)14/h6-7H,4-5H2,1-3H3,(H,17,18). The maximum absolute atomic E-state index is 13.3. The summed E-state index contributed by atoms with van der Waals surface area (Å²) in [7, 11) is -1.07. The van der Waals surface area contributed by atoms with Gasteiger partial charge < -0.3 is 5.32 Å². The van der Waals surface area contributed by atoms with Crippen molar-refractivity contribution in [3.8, 4) is 0 Å². The van der Waals surface area contributed by atoms with Crippen LogP contribution in [0.1, 0.15) is 31.1 Å². The normalized spacial score (nSPS) is 13.1. The average molecular weight is 340 g/mol. The lowest BCUT2D eigenvalue weighted by atomic mass is 10.2. The SMILES string of the molecule is CC(C)(C)S(=O)CCNC(=O)c1cc(F)c(Cl)cc1Cl. The van der Waals surface area contributed by atoms with Gasteiger partial charge in [0, 0.05) is 27.8 Å². The Morgan fingerprint density at radius 3 is 2.45 bits per heavy atom. The van der Waals surface area contributed by atoms with Gasteiger partial charge in [-0.2, -0.15) is 0 Å². The molecule has 0 aromatic heterocycles. The van der Waals surface area contributed by atoms with Gasteiger partial charge in [0.05, 0.1) is 15.6 Å². The van der Waals surface area contributed by atoms with Crippen LogP contribution >= 0.6 is 23.2 Å². The molecule has 0 aliphatic carbocycles. The van der Waals surface area contributed by atoms with E-state index < -0.39 is 22.5 Å². The zero-order chi connectivity index (χ0) is 15.5. The van der Waals surface area contributed by atoms with Gasteiger partial charge in [-0.25, -0.2) is 4.39 Å². The number of rotatable bonds is 4. The second kappa shape index (κ2) is 6.87. The largest absolute Gasteiger partial charge is 0.351 e. The molecule has 1 atom stereocenters. The fourth-order valence-corrected chi connectivity index (χ4v) is 2.72. The number of nitrogens with one attached hydrogen (secondary N) is 1. The van der Waals surface area contributed by atoms with Crippen LogP contribution in [0.4, 0.5) is 4.39 Å². The number of hydrogen-bond acceptors (Lipinski definition) is 2. The number of carbonyl (C=O) groups excluding carboxylic acids is 1. The number of benzene rings is 1. The molecule has 1 rings (SSSR count). The van der Waals surface area contributed by atoms with E-state index >= 15 is 0 Å². The summed E-state index contributed by atoms with van der Waals surface area (Å²) in [5, 5.41) is 2.50. The summed E-state index contributed by atoms with van der Waals surface area (Å²) >= 11 is 11.4. The second-order valence-corrected chi connectivity index (χ2v) is 8.30. The van der Waals surface area contributed by atoms with Crippen molar-refractivity contribution < 1.29 is 13.4 Å². The van der Waals surface area contributed by atoms with E-state index in [4.69, 9.17) is 23.2 Å². The molecular weight excluding hydrogens is 324 g/mol. The van der Waals surface area contributed by atoms with Crippen LogP contribution in [0.15, 0.2) is 12.1 Å². The Morgan fingerprint density at radius 1 is 1.30 bits per heavy atom. The first-order chi connectivity index (χ1) is 9.12. The predicted molar refractivity (Wildman–Crippen MR) is 81.5 cm³/mol. The first-order valence-electron chi connectivity index (χ1n) is 5.94. The van der Waals surface area contributed by atoms with E-state index in [1.54, 1.807) is 0 Å². The molecule has 20 heavy (non-hydrogen) atoms. The smallest absolute Gasteiger partial charge is 0.252 e. The summed E-state index contributed by atoms with van der Waals surface area (Å²) in [4.78, 5) is 11.9. The third-order valence-corrected chi connectivity index (χ3v) is 5.05. The molecule has 1 unspecified atom stereocenters. The highest BCUT2D eigenvalue weighted by molar-refractivity contribution is 7.86. The van der Waals surface area contributed by atoms with Crippen LogP contribution in [-0.4, -0.2) is 27.2 Å². The molecule has 0 bridgehead atoms. The van der Waals surface area contributed by atoms with Gasteiger partial charge in [-0.15, -0.1) is 0 Å². The quantitative estimate of drug-likeness (QED) is 0.854. The molecule has 112 valence electrons. The summed E-state index contributed by atoms with van der Waals surface area (Å²) in [6.45, 7) is 5.80. The topological polar surface area (TPSA) is 46.2 Å². The Balaban J connectivity index is 2.65. The molecule has 1 aromatic rings. The van der Waals surface area contributed by atoms with Crippen LogP contribution in [0.25, 0.3) is 0 Å². The summed E-state index contributed by atoms with van der Waals surface area (Å²) in [6.07, 6.45) is 0. The van der Waals surface area contributed by atoms with Crippen LogP contribution in [0, 0.1) is 5.82 Å². The fraction of sp³-hybridized carbons (Fsp3) is 0.462. The van der Waals surface area contributed by atoms with E-state index in [9.17, 15) is 13.4 Å². The van der Waals surface area contributed by atoms with Crippen LogP contribution < -0.4 is 5.32 Å². The molecule has 0 aliphatic rings. The van der Waals surface area contributed by atoms with Crippen LogP contribution in [-0.2, 0) is 10.8 Å². The van der Waals surface area contributed by atoms with Crippen molar-refractivity contribution in [3.63, 3.8) is 0 Å². The zero-order valence-electron chi connectivity index (χ0n) is 11.4. The molecule has 0 saturated carbocycles. The van der Waals surface area contributed by atoms with Gasteiger partial charge in [-0.05, 0) is 32.9 Å². The van der Waals surface area contributed by atoms with Gasteiger partial charge in [0.15, 0.2) is 0 Å². The summed E-state index contributed by atoms with van der Waals surface area (Å²) < 4.78 is 24.8. The maximum atomic E-state index is 13.3. The average Bonchev–Trinajstić information content (AvgIpc) is 2.32. The Hall–Kier alpha value is -0.650. The zero-order valence-corrected chi connectivity index (χ0v) is 13.8. The van der Waals surface area contributed by atoms with E-state index in [0.717, 1.165) is 6.07 Å². The van der Waals surface area contributed by atoms with Crippen molar-refractivity contribution in [2.24, 2.45) is 0 Å².